The van der Waals surface area contributed by atoms with Crippen molar-refractivity contribution < 1.29 is 9.53 Å². The molecule has 20 heavy (non-hydrogen) atoms. The molecule has 0 spiro atoms. The van der Waals surface area contributed by atoms with E-state index in [-0.39, 0.29) is 12.1 Å². The van der Waals surface area contributed by atoms with Crippen LogP contribution < -0.4 is 5.32 Å². The lowest BCUT2D eigenvalue weighted by Crippen LogP contribution is -2.62. The Morgan fingerprint density at radius 2 is 1.95 bits per heavy atom. The molecule has 0 aromatic carbocycles. The van der Waals surface area contributed by atoms with Gasteiger partial charge in [-0.05, 0) is 53.4 Å². The highest BCUT2D eigenvalue weighted by Crippen LogP contribution is 2.21. The molecular weight excluding hydrogens is 252 g/mol. The Hall–Kier alpha value is -0.770. The molecule has 0 radical (unpaired) electrons. The van der Waals surface area contributed by atoms with Crippen LogP contribution in [0.1, 0.15) is 61.3 Å². The average Bonchev–Trinajstić information content (AvgIpc) is 2.27. The van der Waals surface area contributed by atoms with Crippen LogP contribution >= 0.6 is 0 Å². The Bertz CT molecular complexity index is 323. The first-order valence-electron chi connectivity index (χ1n) is 7.86. The molecule has 1 rings (SSSR count). The fraction of sp³-hybridized carbons (Fsp3) is 0.938. The Morgan fingerprint density at radius 3 is 2.45 bits per heavy atom. The summed E-state index contributed by atoms with van der Waals surface area (Å²) in [4.78, 5) is 14.2. The molecule has 1 fully saturated rings. The summed E-state index contributed by atoms with van der Waals surface area (Å²) in [5, 5.41) is 3.62. The summed E-state index contributed by atoms with van der Waals surface area (Å²) >= 11 is 0. The van der Waals surface area contributed by atoms with Gasteiger partial charge in [-0.25, -0.2) is 4.79 Å². The van der Waals surface area contributed by atoms with Gasteiger partial charge in [-0.1, -0.05) is 13.8 Å². The summed E-state index contributed by atoms with van der Waals surface area (Å²) in [7, 11) is 0. The first kappa shape index (κ1) is 17.3. The highest BCUT2D eigenvalue weighted by molar-refractivity contribution is 5.69. The van der Waals surface area contributed by atoms with Crippen molar-refractivity contribution in [2.75, 3.05) is 6.54 Å². The van der Waals surface area contributed by atoms with Gasteiger partial charge in [0.25, 0.3) is 0 Å². The highest BCUT2D eigenvalue weighted by Gasteiger charge is 2.35. The number of carbonyl (C=O) groups excluding carboxylic acids is 1. The Kier molecular flexibility index (Phi) is 5.87. The van der Waals surface area contributed by atoms with Crippen LogP contribution in [0.4, 0.5) is 4.79 Å². The van der Waals surface area contributed by atoms with Gasteiger partial charge >= 0.3 is 6.09 Å². The van der Waals surface area contributed by atoms with Gasteiger partial charge in [-0.15, -0.1) is 0 Å². The van der Waals surface area contributed by atoms with E-state index in [1.165, 1.54) is 6.42 Å². The smallest absolute Gasteiger partial charge is 0.410 e. The minimum atomic E-state index is -0.432. The van der Waals surface area contributed by atoms with Crippen LogP contribution in [-0.4, -0.2) is 41.3 Å². The number of nitrogens with zero attached hydrogens (tertiary/aromatic N) is 1. The molecule has 0 saturated carbocycles. The molecule has 4 nitrogen and oxygen atoms in total. The van der Waals surface area contributed by atoms with Gasteiger partial charge in [-0.3, -0.25) is 0 Å². The number of nitrogens with one attached hydrogen (secondary N) is 1. The largest absolute Gasteiger partial charge is 0.444 e. The zero-order valence-corrected chi connectivity index (χ0v) is 14.2. The highest BCUT2D eigenvalue weighted by atomic mass is 16.6. The third-order valence-electron chi connectivity index (χ3n) is 3.73. The van der Waals surface area contributed by atoms with Gasteiger partial charge in [-0.2, -0.15) is 0 Å². The van der Waals surface area contributed by atoms with Crippen LogP contribution in [0.25, 0.3) is 0 Å². The molecule has 0 aliphatic carbocycles. The van der Waals surface area contributed by atoms with E-state index in [0.717, 1.165) is 6.42 Å². The first-order chi connectivity index (χ1) is 9.10. The van der Waals surface area contributed by atoms with Crippen molar-refractivity contribution in [1.29, 1.82) is 0 Å². The number of rotatable bonds is 3. The standard InChI is InChI=1S/C16H32N2O2/c1-11(2)8-9-14-13(4)18(10-12(3)17-14)15(19)20-16(5,6)7/h11-14,17H,8-10H2,1-7H3. The van der Waals surface area contributed by atoms with Crippen LogP contribution in [-0.2, 0) is 4.74 Å². The fourth-order valence-corrected chi connectivity index (χ4v) is 2.63. The molecule has 0 aromatic heterocycles. The summed E-state index contributed by atoms with van der Waals surface area (Å²) in [5.74, 6) is 0.691. The Morgan fingerprint density at radius 1 is 1.35 bits per heavy atom. The van der Waals surface area contributed by atoms with Gasteiger partial charge in [0.05, 0.1) is 0 Å². The monoisotopic (exact) mass is 284 g/mol. The van der Waals surface area contributed by atoms with Gasteiger partial charge in [0, 0.05) is 24.7 Å². The zero-order chi connectivity index (χ0) is 15.5. The number of carbonyl (C=O) groups is 1. The summed E-state index contributed by atoms with van der Waals surface area (Å²) < 4.78 is 5.53. The Labute approximate surface area is 124 Å². The van der Waals surface area contributed by atoms with E-state index < -0.39 is 5.60 Å². The maximum Gasteiger partial charge on any atom is 0.410 e. The van der Waals surface area contributed by atoms with Gasteiger partial charge < -0.3 is 15.0 Å². The maximum absolute atomic E-state index is 12.3. The fourth-order valence-electron chi connectivity index (χ4n) is 2.63. The van der Waals surface area contributed by atoms with Gasteiger partial charge in [0.2, 0.25) is 0 Å². The average molecular weight is 284 g/mol. The van der Waals surface area contributed by atoms with Crippen molar-refractivity contribution in [1.82, 2.24) is 10.2 Å². The molecule has 0 aromatic rings. The summed E-state index contributed by atoms with van der Waals surface area (Å²) in [6.45, 7) is 15.2. The maximum atomic E-state index is 12.3. The van der Waals surface area contributed by atoms with E-state index in [4.69, 9.17) is 4.74 Å². The molecule has 1 aliphatic rings. The van der Waals surface area contributed by atoms with E-state index >= 15 is 0 Å². The van der Waals surface area contributed by atoms with Crippen LogP contribution in [0.3, 0.4) is 0 Å². The lowest BCUT2D eigenvalue weighted by Gasteiger charge is -2.43. The first-order valence-corrected chi connectivity index (χ1v) is 7.86. The van der Waals surface area contributed by atoms with E-state index in [9.17, 15) is 4.79 Å². The topological polar surface area (TPSA) is 41.6 Å². The van der Waals surface area contributed by atoms with Crippen molar-refractivity contribution in [3.05, 3.63) is 0 Å². The van der Waals surface area contributed by atoms with Crippen molar-refractivity contribution >= 4 is 6.09 Å². The zero-order valence-electron chi connectivity index (χ0n) is 14.2. The van der Waals surface area contributed by atoms with Crippen molar-refractivity contribution in [3.8, 4) is 0 Å². The van der Waals surface area contributed by atoms with Crippen LogP contribution in [0.5, 0.6) is 0 Å². The number of ether oxygens (including phenoxy) is 1. The normalized spacial score (nSPS) is 27.8. The number of hydrogen-bond donors (Lipinski definition) is 1. The number of hydrogen-bond acceptors (Lipinski definition) is 3. The second-order valence-corrected chi connectivity index (χ2v) is 7.52. The Balaban J connectivity index is 2.68. The third kappa shape index (κ3) is 5.31. The summed E-state index contributed by atoms with van der Waals surface area (Å²) in [6.07, 6.45) is 2.09. The van der Waals surface area contributed by atoms with Crippen LogP contribution in [0.2, 0.25) is 0 Å². The number of amides is 1. The lowest BCUT2D eigenvalue weighted by molar-refractivity contribution is 0.00236. The lowest BCUT2D eigenvalue weighted by atomic mass is 9.95. The second-order valence-electron chi connectivity index (χ2n) is 7.52. The van der Waals surface area contributed by atoms with E-state index in [1.54, 1.807) is 0 Å². The minimum Gasteiger partial charge on any atom is -0.444 e. The van der Waals surface area contributed by atoms with E-state index in [1.807, 2.05) is 25.7 Å². The molecule has 3 unspecified atom stereocenters. The molecular formula is C16H32N2O2. The molecule has 1 aliphatic heterocycles. The molecule has 0 bridgehead atoms. The number of piperazine rings is 1. The summed E-state index contributed by atoms with van der Waals surface area (Å²) in [5.41, 5.74) is -0.432. The predicted molar refractivity (Wildman–Crippen MR) is 82.9 cm³/mol. The van der Waals surface area contributed by atoms with E-state index in [0.29, 0.717) is 24.5 Å². The quantitative estimate of drug-likeness (QED) is 0.863. The molecule has 118 valence electrons. The second kappa shape index (κ2) is 6.79. The van der Waals surface area contributed by atoms with Crippen molar-refractivity contribution in [3.63, 3.8) is 0 Å². The molecule has 1 N–H and O–H groups in total. The van der Waals surface area contributed by atoms with Crippen LogP contribution in [0.15, 0.2) is 0 Å². The molecule has 1 amide bonds. The molecule has 1 saturated heterocycles. The van der Waals surface area contributed by atoms with Gasteiger partial charge in [0.1, 0.15) is 5.60 Å². The van der Waals surface area contributed by atoms with E-state index in [2.05, 4.69) is 33.0 Å². The molecule has 1 heterocycles. The molecule has 3 atom stereocenters. The predicted octanol–water partition coefficient (Wildman–Crippen LogP) is 3.41. The van der Waals surface area contributed by atoms with Gasteiger partial charge in [0.15, 0.2) is 0 Å². The minimum absolute atomic E-state index is 0.180. The van der Waals surface area contributed by atoms with Crippen molar-refractivity contribution in [2.24, 2.45) is 5.92 Å². The van der Waals surface area contributed by atoms with Crippen molar-refractivity contribution in [2.45, 2.75) is 85.0 Å². The third-order valence-corrected chi connectivity index (χ3v) is 3.73. The molecule has 4 heteroatoms. The SMILES string of the molecule is CC(C)CCC1NC(C)CN(C(=O)OC(C)(C)C)C1C. The summed E-state index contributed by atoms with van der Waals surface area (Å²) in [6, 6.07) is 0.851. The van der Waals surface area contributed by atoms with Crippen LogP contribution in [0, 0.1) is 5.92 Å².